The molecule has 1 fully saturated rings. The maximum atomic E-state index is 12.3. The molecule has 82 valence electrons. The van der Waals surface area contributed by atoms with Crippen LogP contribution in [0, 0.1) is 0 Å². The average molecular weight is 211 g/mol. The van der Waals surface area contributed by atoms with E-state index in [1.807, 2.05) is 12.1 Å². The van der Waals surface area contributed by atoms with Gasteiger partial charge in [0, 0.05) is 11.6 Å². The summed E-state index contributed by atoms with van der Waals surface area (Å²) < 4.78 is 24.7. The van der Waals surface area contributed by atoms with E-state index in [0.717, 1.165) is 18.5 Å². The van der Waals surface area contributed by atoms with Gasteiger partial charge in [-0.15, -0.1) is 0 Å². The number of hydrogen-bond donors (Lipinski definition) is 1. The molecule has 1 aromatic rings. The van der Waals surface area contributed by atoms with E-state index in [1.54, 1.807) is 0 Å². The first-order valence-corrected chi connectivity index (χ1v) is 5.39. The lowest BCUT2D eigenvalue weighted by Crippen LogP contribution is -2.26. The summed E-state index contributed by atoms with van der Waals surface area (Å²) >= 11 is 0. The number of hydrogen-bond acceptors (Lipinski definition) is 1. The van der Waals surface area contributed by atoms with Gasteiger partial charge in [-0.05, 0) is 24.9 Å². The zero-order chi connectivity index (χ0) is 10.7. The number of halogens is 2. The minimum absolute atomic E-state index is 0.106. The van der Waals surface area contributed by atoms with E-state index in [2.05, 4.69) is 5.32 Å². The normalized spacial score (nSPS) is 21.9. The summed E-state index contributed by atoms with van der Waals surface area (Å²) in [6.07, 6.45) is 1.17. The molecule has 0 bridgehead atoms. The van der Waals surface area contributed by atoms with Crippen molar-refractivity contribution in [2.45, 2.75) is 31.7 Å². The molecule has 1 aliphatic rings. The maximum Gasteiger partial charge on any atom is 0.263 e. The first-order valence-electron chi connectivity index (χ1n) is 5.39. The first kappa shape index (κ1) is 10.6. The molecule has 1 saturated heterocycles. The summed E-state index contributed by atoms with van der Waals surface area (Å²) in [6.45, 7) is 1.03. The molecular weight excluding hydrogens is 196 g/mol. The van der Waals surface area contributed by atoms with Crippen LogP contribution in [0.5, 0.6) is 0 Å². The van der Waals surface area contributed by atoms with Crippen molar-refractivity contribution < 1.29 is 8.78 Å². The quantitative estimate of drug-likeness (QED) is 0.790. The summed E-state index contributed by atoms with van der Waals surface area (Å²) in [7, 11) is 0. The van der Waals surface area contributed by atoms with Crippen molar-refractivity contribution in [2.24, 2.45) is 0 Å². The second-order valence-electron chi connectivity index (χ2n) is 3.97. The highest BCUT2D eigenvalue weighted by Crippen LogP contribution is 2.25. The number of alkyl halides is 2. The lowest BCUT2D eigenvalue weighted by atomic mass is 9.97. The lowest BCUT2D eigenvalue weighted by Gasteiger charge is -2.23. The van der Waals surface area contributed by atoms with Crippen LogP contribution in [-0.2, 0) is 0 Å². The van der Waals surface area contributed by atoms with Crippen molar-refractivity contribution in [3.05, 3.63) is 35.4 Å². The van der Waals surface area contributed by atoms with Gasteiger partial charge in [0.1, 0.15) is 0 Å². The molecular formula is C12H15F2N. The Balaban J connectivity index is 2.08. The van der Waals surface area contributed by atoms with Crippen LogP contribution >= 0.6 is 0 Å². The molecule has 0 radical (unpaired) electrons. The molecule has 0 aliphatic carbocycles. The van der Waals surface area contributed by atoms with Crippen LogP contribution in [-0.4, -0.2) is 6.54 Å². The standard InChI is InChI=1S/C12H15F2N/c13-12(14)10-6-4-9(5-7-10)11-3-1-2-8-15-11/h4-7,11-12,15H,1-3,8H2. The SMILES string of the molecule is FC(F)c1ccc(C2CCCCN2)cc1. The summed E-state index contributed by atoms with van der Waals surface area (Å²) in [6, 6.07) is 7.02. The highest BCUT2D eigenvalue weighted by molar-refractivity contribution is 5.25. The highest BCUT2D eigenvalue weighted by atomic mass is 19.3. The summed E-state index contributed by atoms with van der Waals surface area (Å²) in [5.41, 5.74) is 1.23. The van der Waals surface area contributed by atoms with Crippen molar-refractivity contribution >= 4 is 0 Å². The fourth-order valence-electron chi connectivity index (χ4n) is 2.01. The molecule has 0 saturated carbocycles. The van der Waals surface area contributed by atoms with E-state index in [-0.39, 0.29) is 5.56 Å². The van der Waals surface area contributed by atoms with E-state index >= 15 is 0 Å². The van der Waals surface area contributed by atoms with E-state index in [4.69, 9.17) is 0 Å². The Kier molecular flexibility index (Phi) is 3.31. The molecule has 1 aliphatic heterocycles. The number of rotatable bonds is 2. The first-order chi connectivity index (χ1) is 7.27. The highest BCUT2D eigenvalue weighted by Gasteiger charge is 2.15. The van der Waals surface area contributed by atoms with Crippen LogP contribution in [0.15, 0.2) is 24.3 Å². The van der Waals surface area contributed by atoms with Crippen LogP contribution < -0.4 is 5.32 Å². The van der Waals surface area contributed by atoms with Gasteiger partial charge >= 0.3 is 0 Å². The van der Waals surface area contributed by atoms with Gasteiger partial charge in [0.05, 0.1) is 0 Å². The summed E-state index contributed by atoms with van der Waals surface area (Å²) in [4.78, 5) is 0. The number of nitrogens with one attached hydrogen (secondary N) is 1. The molecule has 15 heavy (non-hydrogen) atoms. The molecule has 1 atom stereocenters. The van der Waals surface area contributed by atoms with Crippen molar-refractivity contribution in [3.8, 4) is 0 Å². The minimum atomic E-state index is -2.36. The molecule has 0 aromatic heterocycles. The third kappa shape index (κ3) is 2.53. The zero-order valence-corrected chi connectivity index (χ0v) is 8.55. The topological polar surface area (TPSA) is 12.0 Å². The van der Waals surface area contributed by atoms with E-state index in [1.165, 1.54) is 25.0 Å². The monoisotopic (exact) mass is 211 g/mol. The van der Waals surface area contributed by atoms with Crippen LogP contribution in [0.2, 0.25) is 0 Å². The Morgan fingerprint density at radius 2 is 1.87 bits per heavy atom. The molecule has 1 N–H and O–H groups in total. The largest absolute Gasteiger partial charge is 0.310 e. The van der Waals surface area contributed by atoms with Crippen molar-refractivity contribution in [3.63, 3.8) is 0 Å². The smallest absolute Gasteiger partial charge is 0.263 e. The van der Waals surface area contributed by atoms with Gasteiger partial charge in [-0.2, -0.15) is 0 Å². The van der Waals surface area contributed by atoms with Crippen molar-refractivity contribution in [1.29, 1.82) is 0 Å². The fourth-order valence-corrected chi connectivity index (χ4v) is 2.01. The van der Waals surface area contributed by atoms with Gasteiger partial charge in [-0.1, -0.05) is 30.7 Å². The van der Waals surface area contributed by atoms with Gasteiger partial charge in [0.15, 0.2) is 0 Å². The minimum Gasteiger partial charge on any atom is -0.310 e. The van der Waals surface area contributed by atoms with Gasteiger partial charge in [0.25, 0.3) is 6.43 Å². The fraction of sp³-hybridized carbons (Fsp3) is 0.500. The Hall–Kier alpha value is -0.960. The third-order valence-corrected chi connectivity index (χ3v) is 2.90. The molecule has 0 spiro atoms. The summed E-state index contributed by atoms with van der Waals surface area (Å²) in [5, 5.41) is 3.40. The van der Waals surface area contributed by atoms with Crippen molar-refractivity contribution in [2.75, 3.05) is 6.54 Å². The number of piperidine rings is 1. The second-order valence-corrected chi connectivity index (χ2v) is 3.97. The molecule has 1 unspecified atom stereocenters. The third-order valence-electron chi connectivity index (χ3n) is 2.90. The Bertz CT molecular complexity index is 302. The van der Waals surface area contributed by atoms with Crippen LogP contribution in [0.4, 0.5) is 8.78 Å². The van der Waals surface area contributed by atoms with Crippen LogP contribution in [0.3, 0.4) is 0 Å². The summed E-state index contributed by atoms with van der Waals surface area (Å²) in [5.74, 6) is 0. The van der Waals surface area contributed by atoms with Gasteiger partial charge in [-0.25, -0.2) is 8.78 Å². The van der Waals surface area contributed by atoms with Crippen molar-refractivity contribution in [1.82, 2.24) is 5.32 Å². The van der Waals surface area contributed by atoms with E-state index in [0.29, 0.717) is 6.04 Å². The molecule has 1 aromatic carbocycles. The second kappa shape index (κ2) is 4.71. The van der Waals surface area contributed by atoms with Gasteiger partial charge < -0.3 is 5.32 Å². The van der Waals surface area contributed by atoms with Crippen LogP contribution in [0.25, 0.3) is 0 Å². The predicted molar refractivity (Wildman–Crippen MR) is 56.0 cm³/mol. The molecule has 1 nitrogen and oxygen atoms in total. The average Bonchev–Trinajstić information content (AvgIpc) is 2.30. The molecule has 2 rings (SSSR count). The Morgan fingerprint density at radius 1 is 1.13 bits per heavy atom. The van der Waals surface area contributed by atoms with Gasteiger partial charge in [0.2, 0.25) is 0 Å². The van der Waals surface area contributed by atoms with E-state index in [9.17, 15) is 8.78 Å². The maximum absolute atomic E-state index is 12.3. The predicted octanol–water partition coefficient (Wildman–Crippen LogP) is 3.44. The lowest BCUT2D eigenvalue weighted by molar-refractivity contribution is 0.151. The zero-order valence-electron chi connectivity index (χ0n) is 8.55. The molecule has 1 heterocycles. The van der Waals surface area contributed by atoms with Crippen LogP contribution in [0.1, 0.15) is 42.9 Å². The molecule has 0 amide bonds. The number of benzene rings is 1. The Morgan fingerprint density at radius 3 is 2.40 bits per heavy atom. The van der Waals surface area contributed by atoms with Gasteiger partial charge in [-0.3, -0.25) is 0 Å². The van der Waals surface area contributed by atoms with E-state index < -0.39 is 6.43 Å². The Labute approximate surface area is 88.5 Å². The molecule has 3 heteroatoms.